The predicted octanol–water partition coefficient (Wildman–Crippen LogP) is 1.89. The molecule has 4 heteroatoms. The van der Waals surface area contributed by atoms with Crippen molar-refractivity contribution in [2.75, 3.05) is 6.54 Å². The summed E-state index contributed by atoms with van der Waals surface area (Å²) in [4.78, 5) is 11.8. The Kier molecular flexibility index (Phi) is 6.16. The highest BCUT2D eigenvalue weighted by Gasteiger charge is 2.20. The molecule has 1 aliphatic carbocycles. The highest BCUT2D eigenvalue weighted by Crippen LogP contribution is 2.25. The molecule has 1 fully saturated rings. The van der Waals surface area contributed by atoms with E-state index in [4.69, 9.17) is 5.73 Å². The first-order valence-corrected chi connectivity index (χ1v) is 6.33. The van der Waals surface area contributed by atoms with Gasteiger partial charge in [0.25, 0.3) is 0 Å². The average Bonchev–Trinajstić information content (AvgIpc) is 2.28. The zero-order valence-electron chi connectivity index (χ0n) is 10.5. The van der Waals surface area contributed by atoms with Crippen LogP contribution < -0.4 is 11.1 Å². The first-order valence-electron chi connectivity index (χ1n) is 6.33. The van der Waals surface area contributed by atoms with Crippen LogP contribution in [-0.4, -0.2) is 18.5 Å². The number of carbonyl (C=O) groups is 1. The first-order chi connectivity index (χ1) is 8.25. The Morgan fingerprint density at radius 1 is 1.33 bits per heavy atom. The summed E-state index contributed by atoms with van der Waals surface area (Å²) in [6, 6.07) is 9.46. The second-order valence-corrected chi connectivity index (χ2v) is 4.84. The molecule has 100 valence electrons. The van der Waals surface area contributed by atoms with Crippen molar-refractivity contribution in [2.24, 2.45) is 11.7 Å². The maximum atomic E-state index is 11.8. The van der Waals surface area contributed by atoms with Gasteiger partial charge in [-0.15, -0.1) is 12.4 Å². The Balaban J connectivity index is 0.00000162. The lowest BCUT2D eigenvalue weighted by molar-refractivity contribution is -0.122. The Morgan fingerprint density at radius 2 is 2.00 bits per heavy atom. The van der Waals surface area contributed by atoms with Crippen molar-refractivity contribution in [1.29, 1.82) is 0 Å². The molecule has 1 atom stereocenters. The van der Waals surface area contributed by atoms with Crippen LogP contribution in [0.25, 0.3) is 0 Å². The van der Waals surface area contributed by atoms with Crippen LogP contribution in [0.3, 0.4) is 0 Å². The molecule has 1 amide bonds. The second-order valence-electron chi connectivity index (χ2n) is 4.84. The van der Waals surface area contributed by atoms with Crippen molar-refractivity contribution in [3.05, 3.63) is 35.9 Å². The molecule has 0 aromatic heterocycles. The van der Waals surface area contributed by atoms with E-state index < -0.39 is 6.04 Å². The lowest BCUT2D eigenvalue weighted by atomic mass is 9.85. The highest BCUT2D eigenvalue weighted by atomic mass is 35.5. The van der Waals surface area contributed by atoms with E-state index in [1.807, 2.05) is 30.3 Å². The third-order valence-corrected chi connectivity index (χ3v) is 3.42. The molecular formula is C14H21ClN2O. The van der Waals surface area contributed by atoms with Crippen molar-refractivity contribution in [1.82, 2.24) is 5.32 Å². The molecule has 3 nitrogen and oxygen atoms in total. The third kappa shape index (κ3) is 4.31. The Labute approximate surface area is 115 Å². The fraction of sp³-hybridized carbons (Fsp3) is 0.500. The molecule has 1 aromatic rings. The van der Waals surface area contributed by atoms with E-state index >= 15 is 0 Å². The summed E-state index contributed by atoms with van der Waals surface area (Å²) in [6.45, 7) is 0.793. The van der Waals surface area contributed by atoms with E-state index in [0.717, 1.165) is 12.1 Å². The van der Waals surface area contributed by atoms with Gasteiger partial charge in [-0.25, -0.2) is 0 Å². The second kappa shape index (κ2) is 7.39. The van der Waals surface area contributed by atoms with Gasteiger partial charge >= 0.3 is 0 Å². The Bertz CT molecular complexity index is 365. The Hall–Kier alpha value is -1.06. The number of nitrogens with one attached hydrogen (secondary N) is 1. The van der Waals surface area contributed by atoms with Crippen molar-refractivity contribution in [2.45, 2.75) is 31.7 Å². The van der Waals surface area contributed by atoms with Crippen LogP contribution in [0, 0.1) is 5.92 Å². The average molecular weight is 269 g/mol. The molecule has 0 heterocycles. The number of hydrogen-bond donors (Lipinski definition) is 2. The van der Waals surface area contributed by atoms with Gasteiger partial charge in [-0.1, -0.05) is 36.8 Å². The third-order valence-electron chi connectivity index (χ3n) is 3.42. The number of hydrogen-bond acceptors (Lipinski definition) is 2. The van der Waals surface area contributed by atoms with Crippen LogP contribution in [-0.2, 0) is 11.2 Å². The molecule has 1 aliphatic rings. The van der Waals surface area contributed by atoms with Gasteiger partial charge in [0.1, 0.15) is 0 Å². The van der Waals surface area contributed by atoms with E-state index in [0.29, 0.717) is 12.3 Å². The molecule has 18 heavy (non-hydrogen) atoms. The van der Waals surface area contributed by atoms with E-state index in [-0.39, 0.29) is 18.3 Å². The summed E-state index contributed by atoms with van der Waals surface area (Å²) in [5, 5.41) is 2.94. The summed E-state index contributed by atoms with van der Waals surface area (Å²) < 4.78 is 0. The Morgan fingerprint density at radius 3 is 2.56 bits per heavy atom. The fourth-order valence-electron chi connectivity index (χ4n) is 2.03. The summed E-state index contributed by atoms with van der Waals surface area (Å²) in [5.74, 6) is 0.656. The summed E-state index contributed by atoms with van der Waals surface area (Å²) >= 11 is 0. The number of amides is 1. The summed E-state index contributed by atoms with van der Waals surface area (Å²) in [6.07, 6.45) is 4.40. The number of rotatable bonds is 5. The van der Waals surface area contributed by atoms with E-state index in [9.17, 15) is 4.79 Å². The molecular weight excluding hydrogens is 248 g/mol. The molecule has 3 N–H and O–H groups in total. The molecule has 0 aliphatic heterocycles. The van der Waals surface area contributed by atoms with E-state index in [1.165, 1.54) is 19.3 Å². The van der Waals surface area contributed by atoms with Crippen molar-refractivity contribution in [3.8, 4) is 0 Å². The standard InChI is InChI=1S/C14H20N2O.ClH/c15-13(9-11-5-2-1-3-6-11)14(17)16-10-12-7-4-8-12;/h1-3,5-6,12-13H,4,7-10,15H2,(H,16,17);1H. The fourth-order valence-corrected chi connectivity index (χ4v) is 2.03. The van der Waals surface area contributed by atoms with Crippen molar-refractivity contribution >= 4 is 18.3 Å². The molecule has 1 unspecified atom stereocenters. The summed E-state index contributed by atoms with van der Waals surface area (Å²) in [7, 11) is 0. The number of carbonyl (C=O) groups excluding carboxylic acids is 1. The minimum atomic E-state index is -0.433. The highest BCUT2D eigenvalue weighted by molar-refractivity contribution is 5.85. The molecule has 1 saturated carbocycles. The predicted molar refractivity (Wildman–Crippen MR) is 75.7 cm³/mol. The van der Waals surface area contributed by atoms with Crippen LogP contribution >= 0.6 is 12.4 Å². The first kappa shape index (κ1) is 15.0. The zero-order valence-corrected chi connectivity index (χ0v) is 11.3. The smallest absolute Gasteiger partial charge is 0.237 e. The minimum absolute atomic E-state index is 0. The van der Waals surface area contributed by atoms with Gasteiger partial charge in [0.2, 0.25) is 5.91 Å². The lowest BCUT2D eigenvalue weighted by Gasteiger charge is -2.26. The lowest BCUT2D eigenvalue weighted by Crippen LogP contribution is -2.44. The van der Waals surface area contributed by atoms with Gasteiger partial charge < -0.3 is 11.1 Å². The van der Waals surface area contributed by atoms with Crippen LogP contribution in [0.15, 0.2) is 30.3 Å². The monoisotopic (exact) mass is 268 g/mol. The zero-order chi connectivity index (χ0) is 12.1. The van der Waals surface area contributed by atoms with Gasteiger partial charge in [0, 0.05) is 6.54 Å². The largest absolute Gasteiger partial charge is 0.354 e. The van der Waals surface area contributed by atoms with E-state index in [1.54, 1.807) is 0 Å². The van der Waals surface area contributed by atoms with Crippen LogP contribution in [0.1, 0.15) is 24.8 Å². The van der Waals surface area contributed by atoms with Gasteiger partial charge in [0.05, 0.1) is 6.04 Å². The molecule has 2 rings (SSSR count). The van der Waals surface area contributed by atoms with Crippen LogP contribution in [0.2, 0.25) is 0 Å². The van der Waals surface area contributed by atoms with Gasteiger partial charge in [-0.2, -0.15) is 0 Å². The van der Waals surface area contributed by atoms with Crippen LogP contribution in [0.4, 0.5) is 0 Å². The van der Waals surface area contributed by atoms with Gasteiger partial charge in [-0.05, 0) is 30.7 Å². The van der Waals surface area contributed by atoms with Crippen molar-refractivity contribution in [3.63, 3.8) is 0 Å². The number of halogens is 1. The molecule has 1 aromatic carbocycles. The number of nitrogens with two attached hydrogens (primary N) is 1. The number of benzene rings is 1. The minimum Gasteiger partial charge on any atom is -0.354 e. The van der Waals surface area contributed by atoms with Gasteiger partial charge in [0.15, 0.2) is 0 Å². The van der Waals surface area contributed by atoms with Gasteiger partial charge in [-0.3, -0.25) is 4.79 Å². The van der Waals surface area contributed by atoms with Crippen molar-refractivity contribution < 1.29 is 4.79 Å². The quantitative estimate of drug-likeness (QED) is 0.857. The maximum absolute atomic E-state index is 11.8. The van der Waals surface area contributed by atoms with E-state index in [2.05, 4.69) is 5.32 Å². The molecule has 0 radical (unpaired) electrons. The van der Waals surface area contributed by atoms with Crippen LogP contribution in [0.5, 0.6) is 0 Å². The molecule has 0 saturated heterocycles. The summed E-state index contributed by atoms with van der Waals surface area (Å²) in [5.41, 5.74) is 6.99. The maximum Gasteiger partial charge on any atom is 0.237 e. The SMILES string of the molecule is Cl.NC(Cc1ccccc1)C(=O)NCC1CCC1. The molecule has 0 spiro atoms. The topological polar surface area (TPSA) is 55.1 Å². The normalized spacial score (nSPS) is 16.3. The molecule has 0 bridgehead atoms.